The predicted octanol–water partition coefficient (Wildman–Crippen LogP) is 9.35. The molecular weight excluding hydrogens is 543 g/mol. The maximum atomic E-state index is 2.51. The summed E-state index contributed by atoms with van der Waals surface area (Å²) in [6.45, 7) is 11.4. The molecule has 0 N–H and O–H groups in total. The Morgan fingerprint density at radius 1 is 0.489 bits per heavy atom. The smallest absolute Gasteiger partial charge is 0.252 e. The molecule has 6 aromatic rings. The fraction of sp³-hybridized carbons (Fsp3) is 0.143. The summed E-state index contributed by atoms with van der Waals surface area (Å²) in [6, 6.07) is 49.7. The lowest BCUT2D eigenvalue weighted by Crippen LogP contribution is -2.61. The maximum absolute atomic E-state index is 2.51. The van der Waals surface area contributed by atoms with Crippen LogP contribution < -0.4 is 26.2 Å². The molecular formula is C42H37BN2. The molecule has 0 aliphatic carbocycles. The molecule has 8 rings (SSSR count). The van der Waals surface area contributed by atoms with Crippen LogP contribution in [0.15, 0.2) is 133 Å². The number of hydrogen-bond donors (Lipinski definition) is 0. The summed E-state index contributed by atoms with van der Waals surface area (Å²) in [7, 11) is 0. The molecule has 0 unspecified atom stereocenters. The van der Waals surface area contributed by atoms with Gasteiger partial charge in [-0.25, -0.2) is 0 Å². The van der Waals surface area contributed by atoms with Crippen molar-refractivity contribution in [2.45, 2.75) is 40.0 Å². The third kappa shape index (κ3) is 4.41. The molecule has 0 aromatic heterocycles. The first-order valence-corrected chi connectivity index (χ1v) is 16.0. The zero-order valence-corrected chi connectivity index (χ0v) is 26.7. The van der Waals surface area contributed by atoms with E-state index in [0.717, 1.165) is 0 Å². The quantitative estimate of drug-likeness (QED) is 0.192. The van der Waals surface area contributed by atoms with Crippen molar-refractivity contribution in [2.75, 3.05) is 9.80 Å². The molecule has 2 aliphatic heterocycles. The van der Waals surface area contributed by atoms with Gasteiger partial charge in [0, 0.05) is 34.0 Å². The first-order chi connectivity index (χ1) is 21.8. The lowest BCUT2D eigenvalue weighted by molar-refractivity contribution is 0.590. The van der Waals surface area contributed by atoms with Crippen LogP contribution in [0.1, 0.15) is 37.5 Å². The molecule has 0 fully saturated rings. The van der Waals surface area contributed by atoms with Crippen molar-refractivity contribution in [2.24, 2.45) is 0 Å². The average Bonchev–Trinajstić information content (AvgIpc) is 3.05. The van der Waals surface area contributed by atoms with Gasteiger partial charge in [0.05, 0.1) is 5.69 Å². The normalized spacial score (nSPS) is 13.3. The molecule has 0 bridgehead atoms. The van der Waals surface area contributed by atoms with Crippen molar-refractivity contribution < 1.29 is 0 Å². The third-order valence-corrected chi connectivity index (χ3v) is 9.52. The van der Waals surface area contributed by atoms with Gasteiger partial charge in [-0.1, -0.05) is 123 Å². The Labute approximate surface area is 267 Å². The van der Waals surface area contributed by atoms with Gasteiger partial charge in [-0.2, -0.15) is 0 Å². The fourth-order valence-electron chi connectivity index (χ4n) is 7.36. The monoisotopic (exact) mass is 580 g/mol. The molecule has 0 radical (unpaired) electrons. The summed E-state index contributed by atoms with van der Waals surface area (Å²) >= 11 is 0. The van der Waals surface area contributed by atoms with Crippen molar-refractivity contribution in [1.82, 2.24) is 0 Å². The van der Waals surface area contributed by atoms with Crippen LogP contribution in [0.25, 0.3) is 11.1 Å². The summed E-state index contributed by atoms with van der Waals surface area (Å²) in [5.74, 6) is 0. The third-order valence-electron chi connectivity index (χ3n) is 9.52. The Morgan fingerprint density at radius 2 is 1.04 bits per heavy atom. The van der Waals surface area contributed by atoms with E-state index in [1.165, 1.54) is 78.3 Å². The number of rotatable bonds is 3. The van der Waals surface area contributed by atoms with Crippen LogP contribution in [0.5, 0.6) is 0 Å². The Balaban J connectivity index is 1.42. The highest BCUT2D eigenvalue weighted by atomic mass is 15.2. The van der Waals surface area contributed by atoms with Crippen molar-refractivity contribution in [3.05, 3.63) is 150 Å². The summed E-state index contributed by atoms with van der Waals surface area (Å²) < 4.78 is 0. The maximum Gasteiger partial charge on any atom is 0.252 e. The molecule has 0 atom stereocenters. The largest absolute Gasteiger partial charge is 0.311 e. The van der Waals surface area contributed by atoms with Crippen LogP contribution in [0.2, 0.25) is 0 Å². The molecule has 6 aromatic carbocycles. The van der Waals surface area contributed by atoms with Crippen LogP contribution in [0.4, 0.5) is 34.1 Å². The van der Waals surface area contributed by atoms with Crippen molar-refractivity contribution in [1.29, 1.82) is 0 Å². The SMILES string of the molecule is Cc1ccc2c(c1)B1c3cc(C)ccc3N(c3ccccc3-c3ccccc3)c3cccc(c31)N2c1ccc(C(C)(C)C)cc1. The van der Waals surface area contributed by atoms with Crippen molar-refractivity contribution in [3.63, 3.8) is 0 Å². The topological polar surface area (TPSA) is 6.48 Å². The van der Waals surface area contributed by atoms with Crippen LogP contribution in [-0.4, -0.2) is 6.71 Å². The number of aryl methyl sites for hydroxylation is 2. The summed E-state index contributed by atoms with van der Waals surface area (Å²) in [5.41, 5.74) is 17.9. The zero-order valence-electron chi connectivity index (χ0n) is 26.7. The van der Waals surface area contributed by atoms with Crippen molar-refractivity contribution >= 4 is 57.2 Å². The van der Waals surface area contributed by atoms with Gasteiger partial charge in [-0.15, -0.1) is 0 Å². The molecule has 2 aliphatic rings. The number of hydrogen-bond acceptors (Lipinski definition) is 2. The van der Waals surface area contributed by atoms with E-state index in [9.17, 15) is 0 Å². The number of fused-ring (bicyclic) bond motifs is 4. The number of anilines is 6. The van der Waals surface area contributed by atoms with E-state index in [-0.39, 0.29) is 12.1 Å². The molecule has 3 heteroatoms. The molecule has 0 saturated carbocycles. The second kappa shape index (κ2) is 10.3. The van der Waals surface area contributed by atoms with Gasteiger partial charge in [0.25, 0.3) is 6.71 Å². The van der Waals surface area contributed by atoms with Gasteiger partial charge in [0.15, 0.2) is 0 Å². The Hall–Kier alpha value is -5.02. The summed E-state index contributed by atoms with van der Waals surface area (Å²) in [5, 5.41) is 0. The standard InChI is InChI=1S/C42H37BN2/c1-28-18-24-37-34(26-28)43-35-27-29(2)19-25-38(35)45(36-15-10-9-14-33(36)30-12-7-6-8-13-30)40-17-11-16-39(41(40)43)44(37)32-22-20-31(21-23-32)42(3,4)5/h6-27H,1-5H3. The minimum atomic E-state index is 0.0979. The molecule has 2 heterocycles. The van der Waals surface area contributed by atoms with Gasteiger partial charge >= 0.3 is 0 Å². The average molecular weight is 581 g/mol. The van der Waals surface area contributed by atoms with E-state index >= 15 is 0 Å². The van der Waals surface area contributed by atoms with Gasteiger partial charge in [-0.05, 0) is 89.2 Å². The lowest BCUT2D eigenvalue weighted by atomic mass is 9.33. The van der Waals surface area contributed by atoms with E-state index in [4.69, 9.17) is 0 Å². The minimum absolute atomic E-state index is 0.0979. The highest BCUT2D eigenvalue weighted by Gasteiger charge is 2.43. The van der Waals surface area contributed by atoms with Crippen LogP contribution in [0, 0.1) is 13.8 Å². The van der Waals surface area contributed by atoms with Crippen LogP contribution >= 0.6 is 0 Å². The van der Waals surface area contributed by atoms with Gasteiger partial charge < -0.3 is 9.80 Å². The Kier molecular flexibility index (Phi) is 6.29. The minimum Gasteiger partial charge on any atom is -0.311 e. The van der Waals surface area contributed by atoms with Gasteiger partial charge in [-0.3, -0.25) is 0 Å². The highest BCUT2D eigenvalue weighted by Crippen LogP contribution is 2.46. The van der Waals surface area contributed by atoms with E-state index in [1.807, 2.05) is 0 Å². The van der Waals surface area contributed by atoms with E-state index in [0.29, 0.717) is 0 Å². The second-order valence-electron chi connectivity index (χ2n) is 13.6. The number of benzene rings is 6. The number of para-hydroxylation sites is 1. The van der Waals surface area contributed by atoms with Crippen LogP contribution in [-0.2, 0) is 5.41 Å². The summed E-state index contributed by atoms with van der Waals surface area (Å²) in [6.07, 6.45) is 0. The van der Waals surface area contributed by atoms with Crippen molar-refractivity contribution in [3.8, 4) is 11.1 Å². The van der Waals surface area contributed by atoms with E-state index in [2.05, 4.69) is 178 Å². The van der Waals surface area contributed by atoms with E-state index < -0.39 is 0 Å². The second-order valence-corrected chi connectivity index (χ2v) is 13.6. The molecule has 0 amide bonds. The predicted molar refractivity (Wildman–Crippen MR) is 194 cm³/mol. The molecule has 45 heavy (non-hydrogen) atoms. The molecule has 0 spiro atoms. The number of nitrogens with zero attached hydrogens (tertiary/aromatic N) is 2. The fourth-order valence-corrected chi connectivity index (χ4v) is 7.36. The first-order valence-electron chi connectivity index (χ1n) is 16.0. The molecule has 2 nitrogen and oxygen atoms in total. The molecule has 0 saturated heterocycles. The lowest BCUT2D eigenvalue weighted by Gasteiger charge is -2.44. The highest BCUT2D eigenvalue weighted by molar-refractivity contribution is 7.00. The van der Waals surface area contributed by atoms with Crippen LogP contribution in [0.3, 0.4) is 0 Å². The van der Waals surface area contributed by atoms with Gasteiger partial charge in [0.1, 0.15) is 0 Å². The summed E-state index contributed by atoms with van der Waals surface area (Å²) in [4.78, 5) is 4.99. The Morgan fingerprint density at radius 3 is 1.69 bits per heavy atom. The molecule has 218 valence electrons. The Bertz CT molecular complexity index is 2070. The zero-order chi connectivity index (χ0) is 30.9. The van der Waals surface area contributed by atoms with E-state index in [1.54, 1.807) is 0 Å². The van der Waals surface area contributed by atoms with Gasteiger partial charge in [0.2, 0.25) is 0 Å². The first kappa shape index (κ1) is 27.5.